The summed E-state index contributed by atoms with van der Waals surface area (Å²) in [6.45, 7) is 4.90. The summed E-state index contributed by atoms with van der Waals surface area (Å²) in [6, 6.07) is 7.03. The molecule has 3 rings (SSSR count). The molecule has 5 nitrogen and oxygen atoms in total. The Morgan fingerprint density at radius 3 is 2.75 bits per heavy atom. The number of nitrogens with two attached hydrogens (primary N) is 1. The molecule has 0 spiro atoms. The molecule has 8 heteroatoms. The lowest BCUT2D eigenvalue weighted by Crippen LogP contribution is -2.34. The van der Waals surface area contributed by atoms with Crippen LogP contribution in [0.3, 0.4) is 0 Å². The number of hydrogen-bond donors (Lipinski definition) is 1. The molecule has 0 aliphatic carbocycles. The molecule has 2 heterocycles. The van der Waals surface area contributed by atoms with Crippen LogP contribution in [0.25, 0.3) is 10.6 Å². The van der Waals surface area contributed by atoms with Crippen LogP contribution >= 0.6 is 23.7 Å². The third-order valence-electron chi connectivity index (χ3n) is 4.24. The Morgan fingerprint density at radius 1 is 1.42 bits per heavy atom. The van der Waals surface area contributed by atoms with Crippen molar-refractivity contribution in [1.82, 2.24) is 9.29 Å². The summed E-state index contributed by atoms with van der Waals surface area (Å²) < 4.78 is 27.5. The number of nitrogens with zero attached hydrogens (tertiary/aromatic N) is 2. The molecular weight excluding hydrogens is 366 g/mol. The van der Waals surface area contributed by atoms with E-state index >= 15 is 0 Å². The van der Waals surface area contributed by atoms with Crippen LogP contribution in [-0.2, 0) is 10.0 Å². The Hall–Kier alpha value is -0.990. The van der Waals surface area contributed by atoms with Crippen molar-refractivity contribution in [2.45, 2.75) is 31.2 Å². The number of aryl methyl sites for hydroxylation is 1. The number of hydrogen-bond acceptors (Lipinski definition) is 5. The van der Waals surface area contributed by atoms with Crippen LogP contribution in [0.4, 0.5) is 0 Å². The van der Waals surface area contributed by atoms with Gasteiger partial charge < -0.3 is 5.73 Å². The second-order valence-corrected chi connectivity index (χ2v) is 8.83. The Balaban J connectivity index is 0.00000208. The van der Waals surface area contributed by atoms with Crippen molar-refractivity contribution in [3.63, 3.8) is 0 Å². The monoisotopic (exact) mass is 387 g/mol. The predicted octanol–water partition coefficient (Wildman–Crippen LogP) is 2.90. The fourth-order valence-electron chi connectivity index (χ4n) is 3.03. The van der Waals surface area contributed by atoms with Gasteiger partial charge in [0.05, 0.1) is 4.90 Å². The molecule has 0 saturated carbocycles. The van der Waals surface area contributed by atoms with E-state index in [2.05, 4.69) is 4.98 Å². The van der Waals surface area contributed by atoms with E-state index in [-0.39, 0.29) is 24.4 Å². The molecular formula is C16H22ClN3O2S2. The highest BCUT2D eigenvalue weighted by Crippen LogP contribution is 2.31. The molecule has 0 radical (unpaired) electrons. The molecule has 2 atom stereocenters. The number of sulfonamides is 1. The lowest BCUT2D eigenvalue weighted by Gasteiger charge is -2.21. The van der Waals surface area contributed by atoms with Gasteiger partial charge in [-0.3, -0.25) is 0 Å². The van der Waals surface area contributed by atoms with Gasteiger partial charge in [0.1, 0.15) is 5.01 Å². The first-order chi connectivity index (χ1) is 10.9. The number of aromatic nitrogens is 1. The third kappa shape index (κ3) is 3.65. The van der Waals surface area contributed by atoms with E-state index in [4.69, 9.17) is 5.73 Å². The van der Waals surface area contributed by atoms with Crippen LogP contribution in [0, 0.1) is 12.8 Å². The van der Waals surface area contributed by atoms with Crippen LogP contribution < -0.4 is 5.73 Å². The summed E-state index contributed by atoms with van der Waals surface area (Å²) in [5.74, 6) is 0.240. The third-order valence-corrected chi connectivity index (χ3v) is 7.23. The zero-order chi connectivity index (χ0) is 16.6. The normalized spacial score (nSPS) is 21.6. The molecule has 0 amide bonds. The van der Waals surface area contributed by atoms with E-state index in [1.165, 1.54) is 11.3 Å². The van der Waals surface area contributed by atoms with Crippen molar-refractivity contribution >= 4 is 33.8 Å². The highest BCUT2D eigenvalue weighted by atomic mass is 35.5. The summed E-state index contributed by atoms with van der Waals surface area (Å²) in [5.41, 5.74) is 7.50. The minimum absolute atomic E-state index is 0. The molecule has 24 heavy (non-hydrogen) atoms. The minimum Gasteiger partial charge on any atom is -0.330 e. The van der Waals surface area contributed by atoms with Crippen molar-refractivity contribution < 1.29 is 8.42 Å². The van der Waals surface area contributed by atoms with E-state index < -0.39 is 10.0 Å². The fraction of sp³-hybridized carbons (Fsp3) is 0.438. The van der Waals surface area contributed by atoms with Gasteiger partial charge in [-0.1, -0.05) is 12.1 Å². The summed E-state index contributed by atoms with van der Waals surface area (Å²) in [4.78, 5) is 4.76. The maximum absolute atomic E-state index is 13.0. The standard InChI is InChI=1S/C16H21N3O2S2.ClH/c1-11-10-22-16(18-11)14-4-3-5-15(7-14)23(20,21)19-9-13(8-17)6-12(19)2;/h3-5,7,10,12-13H,6,8-9,17H2,1-2H3;1H. The second kappa shape index (κ2) is 7.49. The molecule has 1 aromatic carbocycles. The number of halogens is 1. The average molecular weight is 388 g/mol. The highest BCUT2D eigenvalue weighted by Gasteiger charge is 2.37. The zero-order valence-corrected chi connectivity index (χ0v) is 16.1. The number of benzene rings is 1. The Kier molecular flexibility index (Phi) is 6.04. The SMILES string of the molecule is Cc1csc(-c2cccc(S(=O)(=O)N3CC(CN)CC3C)c2)n1.Cl. The van der Waals surface area contributed by atoms with Gasteiger partial charge in [0.15, 0.2) is 0 Å². The molecule has 1 aliphatic rings. The molecule has 0 bridgehead atoms. The van der Waals surface area contributed by atoms with Crippen LogP contribution in [0.1, 0.15) is 19.0 Å². The van der Waals surface area contributed by atoms with E-state index in [9.17, 15) is 8.42 Å². The molecule has 1 aliphatic heterocycles. The van der Waals surface area contributed by atoms with E-state index in [0.717, 1.165) is 22.7 Å². The Morgan fingerprint density at radius 2 is 2.17 bits per heavy atom. The first-order valence-corrected chi connectivity index (χ1v) is 9.98. The molecule has 2 aromatic rings. The van der Waals surface area contributed by atoms with Gasteiger partial charge in [-0.25, -0.2) is 13.4 Å². The van der Waals surface area contributed by atoms with Crippen LogP contribution in [0.5, 0.6) is 0 Å². The van der Waals surface area contributed by atoms with Crippen molar-refractivity contribution in [3.8, 4) is 10.6 Å². The van der Waals surface area contributed by atoms with Crippen molar-refractivity contribution in [1.29, 1.82) is 0 Å². The fourth-order valence-corrected chi connectivity index (χ4v) is 5.59. The largest absolute Gasteiger partial charge is 0.330 e. The first-order valence-electron chi connectivity index (χ1n) is 7.66. The van der Waals surface area contributed by atoms with E-state index in [1.807, 2.05) is 25.3 Å². The molecule has 1 saturated heterocycles. The van der Waals surface area contributed by atoms with Crippen molar-refractivity contribution in [2.75, 3.05) is 13.1 Å². The lowest BCUT2D eigenvalue weighted by atomic mass is 10.1. The highest BCUT2D eigenvalue weighted by molar-refractivity contribution is 7.89. The maximum atomic E-state index is 13.0. The van der Waals surface area contributed by atoms with Crippen molar-refractivity contribution in [2.24, 2.45) is 11.7 Å². The van der Waals surface area contributed by atoms with E-state index in [1.54, 1.807) is 22.5 Å². The van der Waals surface area contributed by atoms with Crippen LogP contribution in [-0.4, -0.2) is 36.8 Å². The minimum atomic E-state index is -3.50. The van der Waals surface area contributed by atoms with Gasteiger partial charge in [0.2, 0.25) is 10.0 Å². The van der Waals surface area contributed by atoms with Crippen molar-refractivity contribution in [3.05, 3.63) is 35.3 Å². The first kappa shape index (κ1) is 19.3. The topological polar surface area (TPSA) is 76.3 Å². The van der Waals surface area contributed by atoms with Gasteiger partial charge in [0.25, 0.3) is 0 Å². The Bertz CT molecular complexity index is 807. The van der Waals surface area contributed by atoms with Gasteiger partial charge in [-0.15, -0.1) is 23.7 Å². The quantitative estimate of drug-likeness (QED) is 0.875. The number of rotatable bonds is 4. The smallest absolute Gasteiger partial charge is 0.243 e. The summed E-state index contributed by atoms with van der Waals surface area (Å²) in [6.07, 6.45) is 0.821. The van der Waals surface area contributed by atoms with Gasteiger partial charge >= 0.3 is 0 Å². The van der Waals surface area contributed by atoms with Crippen LogP contribution in [0.15, 0.2) is 34.5 Å². The van der Waals surface area contributed by atoms with Crippen LogP contribution in [0.2, 0.25) is 0 Å². The van der Waals surface area contributed by atoms with Gasteiger partial charge in [-0.2, -0.15) is 4.31 Å². The lowest BCUT2D eigenvalue weighted by molar-refractivity contribution is 0.404. The van der Waals surface area contributed by atoms with E-state index in [0.29, 0.717) is 18.0 Å². The Labute approximate surface area is 153 Å². The molecule has 1 fully saturated rings. The zero-order valence-electron chi connectivity index (χ0n) is 13.7. The van der Waals surface area contributed by atoms with Gasteiger partial charge in [0, 0.05) is 29.2 Å². The maximum Gasteiger partial charge on any atom is 0.243 e. The van der Waals surface area contributed by atoms with Gasteiger partial charge in [-0.05, 0) is 44.9 Å². The summed E-state index contributed by atoms with van der Waals surface area (Å²) >= 11 is 1.52. The predicted molar refractivity (Wildman–Crippen MR) is 100 cm³/mol. The molecule has 2 N–H and O–H groups in total. The average Bonchev–Trinajstić information content (AvgIpc) is 3.13. The molecule has 1 aromatic heterocycles. The summed E-state index contributed by atoms with van der Waals surface area (Å²) in [5, 5.41) is 2.80. The molecule has 2 unspecified atom stereocenters. The molecule has 132 valence electrons. The number of thiazole rings is 1. The second-order valence-electron chi connectivity index (χ2n) is 6.08. The summed E-state index contributed by atoms with van der Waals surface area (Å²) in [7, 11) is -3.50.